The standard InChI is InChI=1S/C12H21N3O2/c1-3-5-13-6-4-11-14-15-12(17-11)10-7-9(2)16-8-10/h9-10,13H,3-8H2,1-2H3. The van der Waals surface area contributed by atoms with Crippen molar-refractivity contribution in [2.75, 3.05) is 19.7 Å². The fourth-order valence-corrected chi connectivity index (χ4v) is 2.02. The zero-order valence-corrected chi connectivity index (χ0v) is 10.6. The minimum absolute atomic E-state index is 0.287. The predicted molar refractivity (Wildman–Crippen MR) is 63.9 cm³/mol. The van der Waals surface area contributed by atoms with Crippen molar-refractivity contribution in [2.24, 2.45) is 0 Å². The van der Waals surface area contributed by atoms with E-state index in [0.29, 0.717) is 12.7 Å². The predicted octanol–water partition coefficient (Wildman–Crippen LogP) is 1.50. The normalized spacial score (nSPS) is 24.4. The van der Waals surface area contributed by atoms with Crippen molar-refractivity contribution >= 4 is 0 Å². The molecule has 1 aliphatic rings. The van der Waals surface area contributed by atoms with Gasteiger partial charge in [-0.1, -0.05) is 6.92 Å². The summed E-state index contributed by atoms with van der Waals surface area (Å²) >= 11 is 0. The summed E-state index contributed by atoms with van der Waals surface area (Å²) in [5, 5.41) is 11.5. The zero-order chi connectivity index (χ0) is 12.1. The van der Waals surface area contributed by atoms with E-state index < -0.39 is 0 Å². The molecule has 0 aromatic carbocycles. The lowest BCUT2D eigenvalue weighted by molar-refractivity contribution is 0.122. The van der Waals surface area contributed by atoms with E-state index in [1.807, 2.05) is 0 Å². The average Bonchev–Trinajstić information content (AvgIpc) is 2.93. The number of aromatic nitrogens is 2. The number of nitrogens with zero attached hydrogens (tertiary/aromatic N) is 2. The molecular formula is C12H21N3O2. The van der Waals surface area contributed by atoms with Gasteiger partial charge in [0.1, 0.15) is 0 Å². The summed E-state index contributed by atoms with van der Waals surface area (Å²) in [6.07, 6.45) is 3.24. The molecule has 0 saturated carbocycles. The van der Waals surface area contributed by atoms with Gasteiger partial charge >= 0.3 is 0 Å². The van der Waals surface area contributed by atoms with Gasteiger partial charge in [-0.3, -0.25) is 0 Å². The average molecular weight is 239 g/mol. The summed E-state index contributed by atoms with van der Waals surface area (Å²) in [6.45, 7) is 6.86. The van der Waals surface area contributed by atoms with E-state index >= 15 is 0 Å². The lowest BCUT2D eigenvalue weighted by atomic mass is 10.1. The van der Waals surface area contributed by atoms with E-state index in [9.17, 15) is 0 Å². The minimum Gasteiger partial charge on any atom is -0.425 e. The van der Waals surface area contributed by atoms with Crippen molar-refractivity contribution in [2.45, 2.75) is 45.1 Å². The molecule has 0 aliphatic carbocycles. The van der Waals surface area contributed by atoms with Gasteiger partial charge in [0.2, 0.25) is 11.8 Å². The van der Waals surface area contributed by atoms with Crippen LogP contribution in [-0.4, -0.2) is 36.0 Å². The Hall–Kier alpha value is -0.940. The third-order valence-corrected chi connectivity index (χ3v) is 2.97. The van der Waals surface area contributed by atoms with Gasteiger partial charge < -0.3 is 14.5 Å². The van der Waals surface area contributed by atoms with Gasteiger partial charge in [-0.25, -0.2) is 0 Å². The second-order valence-corrected chi connectivity index (χ2v) is 4.61. The molecule has 2 rings (SSSR count). The van der Waals surface area contributed by atoms with Crippen molar-refractivity contribution in [1.82, 2.24) is 15.5 Å². The highest BCUT2D eigenvalue weighted by Crippen LogP contribution is 2.28. The number of ether oxygens (including phenoxy) is 1. The Morgan fingerprint density at radius 2 is 2.24 bits per heavy atom. The zero-order valence-electron chi connectivity index (χ0n) is 10.6. The number of nitrogens with one attached hydrogen (secondary N) is 1. The molecule has 17 heavy (non-hydrogen) atoms. The monoisotopic (exact) mass is 239 g/mol. The van der Waals surface area contributed by atoms with Gasteiger partial charge in [-0.2, -0.15) is 0 Å². The maximum Gasteiger partial charge on any atom is 0.222 e. The second-order valence-electron chi connectivity index (χ2n) is 4.61. The molecule has 1 aliphatic heterocycles. The molecule has 5 heteroatoms. The molecule has 1 fully saturated rings. The molecule has 0 bridgehead atoms. The van der Waals surface area contributed by atoms with E-state index in [2.05, 4.69) is 29.4 Å². The Morgan fingerprint density at radius 1 is 1.35 bits per heavy atom. The molecule has 1 N–H and O–H groups in total. The highest BCUT2D eigenvalue weighted by molar-refractivity contribution is 4.95. The highest BCUT2D eigenvalue weighted by atomic mass is 16.5. The van der Waals surface area contributed by atoms with Crippen LogP contribution in [0.2, 0.25) is 0 Å². The van der Waals surface area contributed by atoms with Crippen LogP contribution in [0.5, 0.6) is 0 Å². The number of hydrogen-bond acceptors (Lipinski definition) is 5. The summed E-state index contributed by atoms with van der Waals surface area (Å²) in [4.78, 5) is 0. The van der Waals surface area contributed by atoms with E-state index in [1.165, 1.54) is 0 Å². The third kappa shape index (κ3) is 3.51. The maximum absolute atomic E-state index is 5.65. The quantitative estimate of drug-likeness (QED) is 0.762. The molecule has 0 radical (unpaired) electrons. The summed E-state index contributed by atoms with van der Waals surface area (Å²) in [6, 6.07) is 0. The van der Waals surface area contributed by atoms with Crippen LogP contribution in [0.4, 0.5) is 0 Å². The molecule has 5 nitrogen and oxygen atoms in total. The van der Waals surface area contributed by atoms with Crippen LogP contribution >= 0.6 is 0 Å². The van der Waals surface area contributed by atoms with Gasteiger partial charge in [-0.05, 0) is 26.3 Å². The van der Waals surface area contributed by atoms with Gasteiger partial charge in [0.15, 0.2) is 0 Å². The molecular weight excluding hydrogens is 218 g/mol. The van der Waals surface area contributed by atoms with Crippen molar-refractivity contribution in [1.29, 1.82) is 0 Å². The molecule has 1 aromatic rings. The van der Waals surface area contributed by atoms with Crippen LogP contribution in [0.25, 0.3) is 0 Å². The van der Waals surface area contributed by atoms with Crippen LogP contribution in [0, 0.1) is 0 Å². The van der Waals surface area contributed by atoms with Crippen LogP contribution in [0.3, 0.4) is 0 Å². The largest absolute Gasteiger partial charge is 0.425 e. The molecule has 0 amide bonds. The van der Waals surface area contributed by atoms with Crippen molar-refractivity contribution in [3.8, 4) is 0 Å². The van der Waals surface area contributed by atoms with Crippen molar-refractivity contribution in [3.05, 3.63) is 11.8 Å². The first-order valence-electron chi connectivity index (χ1n) is 6.44. The molecule has 2 unspecified atom stereocenters. The Morgan fingerprint density at radius 3 is 2.94 bits per heavy atom. The Bertz CT molecular complexity index is 340. The second kappa shape index (κ2) is 6.12. The van der Waals surface area contributed by atoms with Crippen LogP contribution in [-0.2, 0) is 11.2 Å². The number of rotatable bonds is 6. The summed E-state index contributed by atoms with van der Waals surface area (Å²) in [7, 11) is 0. The Labute approximate surface area is 102 Å². The van der Waals surface area contributed by atoms with E-state index in [4.69, 9.17) is 9.15 Å². The Kier molecular flexibility index (Phi) is 4.50. The van der Waals surface area contributed by atoms with Crippen LogP contribution in [0.1, 0.15) is 44.4 Å². The molecule has 96 valence electrons. The summed E-state index contributed by atoms with van der Waals surface area (Å²) in [5.41, 5.74) is 0. The minimum atomic E-state index is 0.287. The third-order valence-electron chi connectivity index (χ3n) is 2.97. The molecule has 2 atom stereocenters. The fraction of sp³-hybridized carbons (Fsp3) is 0.833. The van der Waals surface area contributed by atoms with E-state index in [0.717, 1.165) is 44.1 Å². The van der Waals surface area contributed by atoms with Crippen molar-refractivity contribution in [3.63, 3.8) is 0 Å². The maximum atomic E-state index is 5.65. The van der Waals surface area contributed by atoms with E-state index in [-0.39, 0.29) is 5.92 Å². The smallest absolute Gasteiger partial charge is 0.222 e. The van der Waals surface area contributed by atoms with Gasteiger partial charge in [0.05, 0.1) is 18.6 Å². The van der Waals surface area contributed by atoms with Gasteiger partial charge in [-0.15, -0.1) is 10.2 Å². The van der Waals surface area contributed by atoms with E-state index in [1.54, 1.807) is 0 Å². The number of hydrogen-bond donors (Lipinski definition) is 1. The lowest BCUT2D eigenvalue weighted by Crippen LogP contribution is -2.17. The first-order chi connectivity index (χ1) is 8.29. The van der Waals surface area contributed by atoms with Crippen LogP contribution < -0.4 is 5.32 Å². The van der Waals surface area contributed by atoms with Crippen LogP contribution in [0.15, 0.2) is 4.42 Å². The first kappa shape index (κ1) is 12.5. The highest BCUT2D eigenvalue weighted by Gasteiger charge is 2.27. The first-order valence-corrected chi connectivity index (χ1v) is 6.44. The van der Waals surface area contributed by atoms with Crippen molar-refractivity contribution < 1.29 is 9.15 Å². The molecule has 0 spiro atoms. The van der Waals surface area contributed by atoms with Gasteiger partial charge in [0.25, 0.3) is 0 Å². The Balaban J connectivity index is 1.79. The molecule has 2 heterocycles. The summed E-state index contributed by atoms with van der Waals surface area (Å²) < 4.78 is 11.2. The lowest BCUT2D eigenvalue weighted by Gasteiger charge is -2.00. The topological polar surface area (TPSA) is 60.2 Å². The molecule has 1 saturated heterocycles. The molecule has 1 aromatic heterocycles. The fourth-order valence-electron chi connectivity index (χ4n) is 2.02. The van der Waals surface area contributed by atoms with Gasteiger partial charge in [0, 0.05) is 13.0 Å². The summed E-state index contributed by atoms with van der Waals surface area (Å²) in [5.74, 6) is 1.75. The SMILES string of the molecule is CCCNCCc1nnc(C2COC(C)C2)o1.